The topological polar surface area (TPSA) is 22.1 Å². The second-order valence-corrected chi connectivity index (χ2v) is 4.45. The summed E-state index contributed by atoms with van der Waals surface area (Å²) in [5, 5.41) is 1.13. The van der Waals surface area contributed by atoms with E-state index in [0.29, 0.717) is 0 Å². The normalized spacial score (nSPS) is 13.9. The summed E-state index contributed by atoms with van der Waals surface area (Å²) in [6.45, 7) is 0. The molecule has 0 radical (unpaired) electrons. The molecule has 2 aromatic rings. The number of rotatable bonds is 2. The van der Waals surface area contributed by atoms with Gasteiger partial charge in [-0.1, -0.05) is 0 Å². The van der Waals surface area contributed by atoms with Gasteiger partial charge in [-0.2, -0.15) is 0 Å². The van der Waals surface area contributed by atoms with Gasteiger partial charge in [-0.15, -0.1) is 0 Å². The quantitative estimate of drug-likeness (QED) is 0.848. The Balaban J connectivity index is 2.17. The van der Waals surface area contributed by atoms with Crippen LogP contribution in [0.4, 0.5) is 0 Å². The predicted molar refractivity (Wildman–Crippen MR) is 64.1 cm³/mol. The molecule has 0 atom stereocenters. The SMILES string of the molecule is [Zr][O]c1cccc2ccc(C3=CC=CC3)nc12. The van der Waals surface area contributed by atoms with Crippen molar-refractivity contribution in [2.75, 3.05) is 0 Å². The van der Waals surface area contributed by atoms with Gasteiger partial charge in [-0.3, -0.25) is 0 Å². The molecule has 1 aromatic heterocycles. The van der Waals surface area contributed by atoms with Gasteiger partial charge >= 0.3 is 116 Å². The van der Waals surface area contributed by atoms with E-state index in [1.807, 2.05) is 12.1 Å². The molecule has 17 heavy (non-hydrogen) atoms. The molecular formula is C14H10NOZr. The van der Waals surface area contributed by atoms with Gasteiger partial charge in [0.2, 0.25) is 0 Å². The van der Waals surface area contributed by atoms with Gasteiger partial charge < -0.3 is 0 Å². The summed E-state index contributed by atoms with van der Waals surface area (Å²) in [5.74, 6) is 0.870. The molecule has 1 aromatic carbocycles. The monoisotopic (exact) mass is 298 g/mol. The molecular weight excluding hydrogens is 289 g/mol. The van der Waals surface area contributed by atoms with E-state index in [1.165, 1.54) is 5.57 Å². The van der Waals surface area contributed by atoms with Crippen LogP contribution in [0.15, 0.2) is 48.6 Å². The van der Waals surface area contributed by atoms with Gasteiger partial charge in [-0.25, -0.2) is 0 Å². The molecule has 81 valence electrons. The van der Waals surface area contributed by atoms with Gasteiger partial charge in [0, 0.05) is 0 Å². The van der Waals surface area contributed by atoms with E-state index in [0.717, 1.165) is 53.9 Å². The van der Waals surface area contributed by atoms with Crippen molar-refractivity contribution in [2.24, 2.45) is 0 Å². The fourth-order valence-corrected chi connectivity index (χ4v) is 2.42. The summed E-state index contributed by atoms with van der Waals surface area (Å²) in [6.07, 6.45) is 7.32. The third-order valence-corrected chi connectivity index (χ3v) is 3.43. The molecule has 0 N–H and O–H groups in total. The molecule has 1 aliphatic carbocycles. The van der Waals surface area contributed by atoms with Gasteiger partial charge in [0.15, 0.2) is 0 Å². The average molecular weight is 299 g/mol. The van der Waals surface area contributed by atoms with Crippen molar-refractivity contribution < 1.29 is 28.0 Å². The van der Waals surface area contributed by atoms with E-state index in [2.05, 4.69) is 36.4 Å². The van der Waals surface area contributed by atoms with E-state index >= 15 is 0 Å². The zero-order valence-corrected chi connectivity index (χ0v) is 11.6. The zero-order chi connectivity index (χ0) is 11.7. The van der Waals surface area contributed by atoms with Crippen LogP contribution in [-0.2, 0) is 25.2 Å². The van der Waals surface area contributed by atoms with E-state index in [4.69, 9.17) is 7.80 Å². The second kappa shape index (κ2) is 4.58. The first-order valence-electron chi connectivity index (χ1n) is 5.48. The fourth-order valence-electron chi connectivity index (χ4n) is 2.02. The molecule has 1 aliphatic rings. The number of pyridine rings is 1. The predicted octanol–water partition coefficient (Wildman–Crippen LogP) is 3.42. The standard InChI is InChI=1S/C14H11NO.Zr/c16-13-7-3-6-11-8-9-12(15-14(11)13)10-4-1-2-5-10;/h1-4,6-9,16H,5H2;/q;+1/p-1. The number of allylic oxidation sites excluding steroid dienone is 4. The molecule has 3 heteroatoms. The molecule has 2 nitrogen and oxygen atoms in total. The Hall–Kier alpha value is -1.21. The maximum absolute atomic E-state index is 5.44. The summed E-state index contributed by atoms with van der Waals surface area (Å²) in [7, 11) is 0. The molecule has 0 saturated carbocycles. The molecule has 0 bridgehead atoms. The van der Waals surface area contributed by atoms with E-state index in [-0.39, 0.29) is 0 Å². The van der Waals surface area contributed by atoms with Crippen LogP contribution in [0.1, 0.15) is 12.1 Å². The molecule has 0 fully saturated rings. The molecule has 1 heterocycles. The molecule has 0 aliphatic heterocycles. The number of hydrogen-bond donors (Lipinski definition) is 0. The van der Waals surface area contributed by atoms with Crippen LogP contribution in [0.5, 0.6) is 5.75 Å². The molecule has 0 unspecified atom stereocenters. The first kappa shape index (κ1) is 10.9. The van der Waals surface area contributed by atoms with Gasteiger partial charge in [-0.05, 0) is 0 Å². The summed E-state index contributed by atoms with van der Waals surface area (Å²) in [6, 6.07) is 10.2. The summed E-state index contributed by atoms with van der Waals surface area (Å²) in [4.78, 5) is 4.71. The Morgan fingerprint density at radius 3 is 2.88 bits per heavy atom. The van der Waals surface area contributed by atoms with Crippen molar-refractivity contribution in [1.82, 2.24) is 4.98 Å². The first-order chi connectivity index (χ1) is 8.38. The number of benzene rings is 1. The number of fused-ring (bicyclic) bond motifs is 1. The van der Waals surface area contributed by atoms with E-state index in [9.17, 15) is 0 Å². The van der Waals surface area contributed by atoms with Crippen LogP contribution in [-0.4, -0.2) is 4.98 Å². The Morgan fingerprint density at radius 2 is 2.12 bits per heavy atom. The average Bonchev–Trinajstić information content (AvgIpc) is 2.91. The summed E-state index contributed by atoms with van der Waals surface area (Å²) >= 11 is 1.04. The fraction of sp³-hybridized carbons (Fsp3) is 0.0714. The maximum atomic E-state index is 5.44. The third-order valence-electron chi connectivity index (χ3n) is 2.89. The number of hydrogen-bond acceptors (Lipinski definition) is 2. The Morgan fingerprint density at radius 1 is 1.18 bits per heavy atom. The van der Waals surface area contributed by atoms with Crippen molar-refractivity contribution in [3.8, 4) is 5.75 Å². The summed E-state index contributed by atoms with van der Waals surface area (Å²) in [5.41, 5.74) is 3.27. The minimum absolute atomic E-state index is 0.870. The van der Waals surface area contributed by atoms with Crippen molar-refractivity contribution >= 4 is 16.5 Å². The van der Waals surface area contributed by atoms with Crippen LogP contribution in [0.25, 0.3) is 16.5 Å². The Labute approximate surface area is 115 Å². The van der Waals surface area contributed by atoms with Crippen molar-refractivity contribution in [3.05, 3.63) is 54.3 Å². The van der Waals surface area contributed by atoms with Crippen molar-refractivity contribution in [3.63, 3.8) is 0 Å². The van der Waals surface area contributed by atoms with Crippen LogP contribution in [0.3, 0.4) is 0 Å². The zero-order valence-electron chi connectivity index (χ0n) is 9.18. The minimum atomic E-state index is 0.870. The van der Waals surface area contributed by atoms with Crippen LogP contribution in [0, 0.1) is 0 Å². The number of para-hydroxylation sites is 1. The van der Waals surface area contributed by atoms with Gasteiger partial charge in [0.1, 0.15) is 0 Å². The molecule has 3 rings (SSSR count). The van der Waals surface area contributed by atoms with Crippen molar-refractivity contribution in [2.45, 2.75) is 6.42 Å². The summed E-state index contributed by atoms with van der Waals surface area (Å²) < 4.78 is 5.44. The molecule has 0 amide bonds. The third kappa shape index (κ3) is 2.00. The van der Waals surface area contributed by atoms with Gasteiger partial charge in [0.25, 0.3) is 0 Å². The Bertz CT molecular complexity index is 631. The van der Waals surface area contributed by atoms with Crippen molar-refractivity contribution in [1.29, 1.82) is 0 Å². The van der Waals surface area contributed by atoms with Crippen LogP contribution < -0.4 is 2.81 Å². The second-order valence-electron chi connectivity index (χ2n) is 3.95. The first-order valence-corrected chi connectivity index (χ1v) is 6.48. The molecule has 0 spiro atoms. The van der Waals surface area contributed by atoms with Crippen LogP contribution in [0.2, 0.25) is 0 Å². The van der Waals surface area contributed by atoms with Gasteiger partial charge in [0.05, 0.1) is 0 Å². The number of nitrogens with zero attached hydrogens (tertiary/aromatic N) is 1. The molecule has 0 saturated heterocycles. The van der Waals surface area contributed by atoms with E-state index in [1.54, 1.807) is 0 Å². The van der Waals surface area contributed by atoms with E-state index < -0.39 is 0 Å². The Kier molecular flexibility index (Phi) is 2.94. The number of aromatic nitrogens is 1. The van der Waals surface area contributed by atoms with Crippen LogP contribution >= 0.6 is 0 Å².